The molecule has 0 bridgehead atoms. The summed E-state index contributed by atoms with van der Waals surface area (Å²) in [6.45, 7) is 0.677. The second-order valence-electron chi connectivity index (χ2n) is 6.50. The Labute approximate surface area is 163 Å². The molecule has 0 spiro atoms. The van der Waals surface area contributed by atoms with E-state index < -0.39 is 0 Å². The quantitative estimate of drug-likeness (QED) is 0.594. The van der Waals surface area contributed by atoms with Gasteiger partial charge in [0.15, 0.2) is 11.5 Å². The Morgan fingerprint density at radius 2 is 2.07 bits per heavy atom. The van der Waals surface area contributed by atoms with Gasteiger partial charge in [-0.15, -0.1) is 0 Å². The molecule has 0 saturated heterocycles. The summed E-state index contributed by atoms with van der Waals surface area (Å²) in [4.78, 5) is 26.3. The van der Waals surface area contributed by atoms with Crippen molar-refractivity contribution in [2.24, 2.45) is 5.10 Å². The van der Waals surface area contributed by atoms with Crippen LogP contribution in [0.2, 0.25) is 0 Å². The molecule has 0 aromatic heterocycles. The van der Waals surface area contributed by atoms with Crippen molar-refractivity contribution in [1.29, 1.82) is 0 Å². The summed E-state index contributed by atoms with van der Waals surface area (Å²) in [5, 5.41) is 13.6. The minimum Gasteiger partial charge on any atom is -0.504 e. The third kappa shape index (κ3) is 4.68. The SMILES string of the molecule is COc1ccc(C=NNC(=O)CCC(=O)N2CCCc3ccccc32)cc1O. The maximum absolute atomic E-state index is 12.5. The molecular formula is C21H23N3O4. The third-order valence-corrected chi connectivity index (χ3v) is 4.58. The largest absolute Gasteiger partial charge is 0.504 e. The highest BCUT2D eigenvalue weighted by Crippen LogP contribution is 2.27. The predicted octanol–water partition coefficient (Wildman–Crippen LogP) is 2.61. The van der Waals surface area contributed by atoms with Crippen LogP contribution in [0.25, 0.3) is 0 Å². The van der Waals surface area contributed by atoms with Crippen LogP contribution < -0.4 is 15.1 Å². The van der Waals surface area contributed by atoms with Crippen LogP contribution in [0.4, 0.5) is 5.69 Å². The van der Waals surface area contributed by atoms with Crippen molar-refractivity contribution in [2.75, 3.05) is 18.6 Å². The second kappa shape index (κ2) is 9.03. The molecule has 0 aliphatic carbocycles. The molecule has 2 aromatic carbocycles. The number of ether oxygens (including phenoxy) is 1. The first-order valence-electron chi connectivity index (χ1n) is 9.15. The third-order valence-electron chi connectivity index (χ3n) is 4.58. The fourth-order valence-corrected chi connectivity index (χ4v) is 3.17. The maximum atomic E-state index is 12.5. The van der Waals surface area contributed by atoms with Crippen LogP contribution in [0, 0.1) is 0 Å². The smallest absolute Gasteiger partial charge is 0.240 e. The number of rotatable bonds is 6. The summed E-state index contributed by atoms with van der Waals surface area (Å²) >= 11 is 0. The lowest BCUT2D eigenvalue weighted by Gasteiger charge is -2.29. The van der Waals surface area contributed by atoms with Crippen molar-refractivity contribution in [1.82, 2.24) is 5.43 Å². The van der Waals surface area contributed by atoms with Gasteiger partial charge in [0.2, 0.25) is 11.8 Å². The van der Waals surface area contributed by atoms with Gasteiger partial charge in [-0.3, -0.25) is 9.59 Å². The van der Waals surface area contributed by atoms with Crippen molar-refractivity contribution in [2.45, 2.75) is 25.7 Å². The Morgan fingerprint density at radius 3 is 2.86 bits per heavy atom. The minimum atomic E-state index is -0.340. The first-order chi connectivity index (χ1) is 13.6. The van der Waals surface area contributed by atoms with Crippen molar-refractivity contribution in [3.8, 4) is 11.5 Å². The van der Waals surface area contributed by atoms with E-state index in [2.05, 4.69) is 10.5 Å². The average Bonchev–Trinajstić information content (AvgIpc) is 2.71. The molecule has 0 saturated carbocycles. The number of amides is 2. The Balaban J connectivity index is 1.49. The monoisotopic (exact) mass is 381 g/mol. The second-order valence-corrected chi connectivity index (χ2v) is 6.50. The number of hydrazone groups is 1. The summed E-state index contributed by atoms with van der Waals surface area (Å²) < 4.78 is 4.97. The summed E-state index contributed by atoms with van der Waals surface area (Å²) in [6, 6.07) is 12.7. The molecule has 28 heavy (non-hydrogen) atoms. The van der Waals surface area contributed by atoms with E-state index in [1.807, 2.05) is 24.3 Å². The van der Waals surface area contributed by atoms with Crippen molar-refractivity contribution >= 4 is 23.7 Å². The number of methoxy groups -OCH3 is 1. The molecule has 146 valence electrons. The number of phenolic OH excluding ortho intramolecular Hbond substituents is 1. The molecule has 2 amide bonds. The molecule has 2 N–H and O–H groups in total. The zero-order valence-electron chi connectivity index (χ0n) is 15.7. The molecule has 1 aliphatic rings. The highest BCUT2D eigenvalue weighted by atomic mass is 16.5. The minimum absolute atomic E-state index is 0.00909. The highest BCUT2D eigenvalue weighted by Gasteiger charge is 2.22. The van der Waals surface area contributed by atoms with Gasteiger partial charge >= 0.3 is 0 Å². The van der Waals surface area contributed by atoms with E-state index in [-0.39, 0.29) is 30.4 Å². The Morgan fingerprint density at radius 1 is 1.25 bits per heavy atom. The number of nitrogens with one attached hydrogen (secondary N) is 1. The van der Waals surface area contributed by atoms with Crippen LogP contribution in [-0.2, 0) is 16.0 Å². The van der Waals surface area contributed by atoms with E-state index in [4.69, 9.17) is 4.74 Å². The Bertz CT molecular complexity index is 895. The van der Waals surface area contributed by atoms with Crippen molar-refractivity contribution < 1.29 is 19.4 Å². The van der Waals surface area contributed by atoms with E-state index in [0.717, 1.165) is 18.5 Å². The van der Waals surface area contributed by atoms with Gasteiger partial charge in [0, 0.05) is 25.1 Å². The number of phenols is 1. The van der Waals surface area contributed by atoms with E-state index in [9.17, 15) is 14.7 Å². The average molecular weight is 381 g/mol. The van der Waals surface area contributed by atoms with Gasteiger partial charge in [0.25, 0.3) is 0 Å². The van der Waals surface area contributed by atoms with Crippen LogP contribution in [0.15, 0.2) is 47.6 Å². The molecule has 0 fully saturated rings. The normalized spacial score (nSPS) is 13.2. The maximum Gasteiger partial charge on any atom is 0.240 e. The Kier molecular flexibility index (Phi) is 6.26. The van der Waals surface area contributed by atoms with Crippen molar-refractivity contribution in [3.63, 3.8) is 0 Å². The first-order valence-corrected chi connectivity index (χ1v) is 9.15. The zero-order chi connectivity index (χ0) is 19.9. The topological polar surface area (TPSA) is 91.2 Å². The highest BCUT2D eigenvalue weighted by molar-refractivity contribution is 5.96. The standard InChI is InChI=1S/C21H23N3O4/c1-28-19-9-8-15(13-18(19)25)14-22-23-20(26)10-11-21(27)24-12-4-6-16-5-2-3-7-17(16)24/h2-3,5,7-9,13-14,25H,4,6,10-12H2,1H3,(H,23,26). The lowest BCUT2D eigenvalue weighted by atomic mass is 10.0. The van der Waals surface area contributed by atoms with Gasteiger partial charge in [-0.2, -0.15) is 5.10 Å². The molecule has 7 heteroatoms. The van der Waals surface area contributed by atoms with Crippen LogP contribution in [0.1, 0.15) is 30.4 Å². The molecule has 1 heterocycles. The van der Waals surface area contributed by atoms with Crippen LogP contribution in [0.3, 0.4) is 0 Å². The zero-order valence-corrected chi connectivity index (χ0v) is 15.7. The number of anilines is 1. The lowest BCUT2D eigenvalue weighted by Crippen LogP contribution is -2.36. The summed E-state index contributed by atoms with van der Waals surface area (Å²) in [5.41, 5.74) is 5.12. The molecule has 7 nitrogen and oxygen atoms in total. The van der Waals surface area contributed by atoms with E-state index in [1.165, 1.54) is 25.0 Å². The van der Waals surface area contributed by atoms with Gasteiger partial charge in [-0.25, -0.2) is 5.43 Å². The van der Waals surface area contributed by atoms with Crippen molar-refractivity contribution in [3.05, 3.63) is 53.6 Å². The van der Waals surface area contributed by atoms with Crippen LogP contribution in [-0.4, -0.2) is 36.8 Å². The number of hydrogen-bond acceptors (Lipinski definition) is 5. The fourth-order valence-electron chi connectivity index (χ4n) is 3.17. The number of carbonyl (C=O) groups excluding carboxylic acids is 2. The number of aromatic hydroxyl groups is 1. The summed E-state index contributed by atoms with van der Waals surface area (Å²) in [6.07, 6.45) is 3.49. The predicted molar refractivity (Wildman–Crippen MR) is 107 cm³/mol. The van der Waals surface area contributed by atoms with E-state index >= 15 is 0 Å². The summed E-state index contributed by atoms with van der Waals surface area (Å²) in [5.74, 6) is -0.0526. The number of carbonyl (C=O) groups is 2. The molecule has 1 aliphatic heterocycles. The molecular weight excluding hydrogens is 358 g/mol. The Hall–Kier alpha value is -3.35. The van der Waals surface area contributed by atoms with Gasteiger partial charge in [0.1, 0.15) is 0 Å². The number of hydrogen-bond donors (Lipinski definition) is 2. The van der Waals surface area contributed by atoms with E-state index in [0.29, 0.717) is 17.9 Å². The van der Waals surface area contributed by atoms with Gasteiger partial charge in [0.05, 0.1) is 13.3 Å². The molecule has 0 unspecified atom stereocenters. The van der Waals surface area contributed by atoms with Gasteiger partial charge in [-0.05, 0) is 48.2 Å². The number of aryl methyl sites for hydroxylation is 1. The first kappa shape index (κ1) is 19.4. The lowest BCUT2D eigenvalue weighted by molar-refractivity contribution is -0.125. The molecule has 0 radical (unpaired) electrons. The van der Waals surface area contributed by atoms with E-state index in [1.54, 1.807) is 17.0 Å². The molecule has 3 rings (SSSR count). The number of para-hydroxylation sites is 1. The van der Waals surface area contributed by atoms with Crippen LogP contribution in [0.5, 0.6) is 11.5 Å². The van der Waals surface area contributed by atoms with Gasteiger partial charge in [-0.1, -0.05) is 18.2 Å². The van der Waals surface area contributed by atoms with Gasteiger partial charge < -0.3 is 14.7 Å². The number of nitrogens with zero attached hydrogens (tertiary/aromatic N) is 2. The molecule has 0 atom stereocenters. The number of benzene rings is 2. The fraction of sp³-hybridized carbons (Fsp3) is 0.286. The van der Waals surface area contributed by atoms with Crippen LogP contribution >= 0.6 is 0 Å². The molecule has 2 aromatic rings. The summed E-state index contributed by atoms with van der Waals surface area (Å²) in [7, 11) is 1.47. The number of fused-ring (bicyclic) bond motifs is 1.